The van der Waals surface area contributed by atoms with E-state index in [4.69, 9.17) is 0 Å². The van der Waals surface area contributed by atoms with Gasteiger partial charge in [0.05, 0.1) is 0 Å². The van der Waals surface area contributed by atoms with E-state index >= 15 is 0 Å². The molecule has 0 aliphatic carbocycles. The first kappa shape index (κ1) is 10.2. The van der Waals surface area contributed by atoms with Gasteiger partial charge in [-0.1, -0.05) is 45.5 Å². The number of hydrogen-bond acceptors (Lipinski definition) is 1. The molecule has 1 rings (SSSR count). The Labute approximate surface area is 68.5 Å². The minimum absolute atomic E-state index is 0. The zero-order valence-corrected chi connectivity index (χ0v) is 10.6. The smallest absolute Gasteiger partial charge is 0 e. The maximum atomic E-state index is 4.10. The topological polar surface area (TPSA) is 12.9 Å². The van der Waals surface area contributed by atoms with Gasteiger partial charge in [-0.05, 0) is 0 Å². The van der Waals surface area contributed by atoms with Crippen molar-refractivity contribution in [3.63, 3.8) is 0 Å². The molecule has 70 valence electrons. The summed E-state index contributed by atoms with van der Waals surface area (Å²) < 4.78 is 0. The Bertz CT molecular complexity index is 256. The first-order valence-electron chi connectivity index (χ1n) is 3.97. The van der Waals surface area contributed by atoms with E-state index in [1.807, 2.05) is 6.92 Å². The first-order chi connectivity index (χ1) is 5.11. The van der Waals surface area contributed by atoms with Crippen LogP contribution in [0.3, 0.4) is 0 Å². The number of hydrogen-bond donors (Lipinski definition) is 0. The van der Waals surface area contributed by atoms with Crippen LogP contribution in [-0.2, 0) is 0 Å². The summed E-state index contributed by atoms with van der Waals surface area (Å²) in [4.78, 5) is 4.10. The van der Waals surface area contributed by atoms with Crippen molar-refractivity contribution in [3.05, 3.63) is 29.1 Å². The van der Waals surface area contributed by atoms with Crippen molar-refractivity contribution < 1.29 is 0 Å². The van der Waals surface area contributed by atoms with Crippen LogP contribution in [0.5, 0.6) is 0 Å². The molecule has 0 unspecified atom stereocenters. The summed E-state index contributed by atoms with van der Waals surface area (Å²) >= 11 is 0. The van der Waals surface area contributed by atoms with Gasteiger partial charge in [-0.2, -0.15) is 0 Å². The van der Waals surface area contributed by atoms with Crippen LogP contribution in [0.1, 0.15) is 36.6 Å². The van der Waals surface area contributed by atoms with E-state index in [1.165, 1.54) is 11.1 Å². The number of nitrogens with zero attached hydrogens (tertiary/aromatic N) is 1. The van der Waals surface area contributed by atoms with E-state index in [1.54, 1.807) is 0 Å². The quantitative estimate of drug-likeness (QED) is 0.662. The molecule has 0 spiro atoms. The standard InChI is InChI=1S/C10H14N.Cf/c1-7(2)10-5-9(4)11-6-8(10)3;/h5,7H,1-4H3;/q-1;. The fourth-order valence-electron chi connectivity index (χ4n) is 1.20. The Balaban J connectivity index is 0.00000121. The SMILES string of the molecule is Cc1cc(C(C)C)c(C)[c-]n1.[Cf]. The van der Waals surface area contributed by atoms with Crippen LogP contribution in [0, 0.1) is 20.0 Å². The molecule has 0 bridgehead atoms. The predicted molar refractivity (Wildman–Crippen MR) is 46.6 cm³/mol. The molecule has 2 heteroatoms. The van der Waals surface area contributed by atoms with Crippen molar-refractivity contribution in [2.24, 2.45) is 0 Å². The summed E-state index contributed by atoms with van der Waals surface area (Å²) in [7, 11) is 0. The monoisotopic (exact) mass is 397 g/mol. The molecule has 0 amide bonds. The summed E-state index contributed by atoms with van der Waals surface area (Å²) in [5.74, 6) is 0.577. The fourth-order valence-corrected chi connectivity index (χ4v) is 1.20. The second-order valence-corrected chi connectivity index (χ2v) is 3.24. The second-order valence-electron chi connectivity index (χ2n) is 3.24. The zero-order valence-electron chi connectivity index (χ0n) is 7.92. The molecule has 0 aliphatic rings. The van der Waals surface area contributed by atoms with Crippen molar-refractivity contribution in [2.75, 3.05) is 0 Å². The van der Waals surface area contributed by atoms with Crippen LogP contribution in [0.2, 0.25) is 0 Å². The van der Waals surface area contributed by atoms with Crippen LogP contribution in [0.4, 0.5) is 0 Å². The van der Waals surface area contributed by atoms with E-state index < -0.39 is 0 Å². The van der Waals surface area contributed by atoms with Crippen LogP contribution in [0.15, 0.2) is 6.07 Å². The summed E-state index contributed by atoms with van der Waals surface area (Å²) in [6.07, 6.45) is 3.00. The average molecular weight is 399 g/mol. The third kappa shape index (κ3) is 1.82. The van der Waals surface area contributed by atoms with Crippen molar-refractivity contribution in [3.8, 4) is 0 Å². The Kier molecular flexibility index (Phi) is 2.97. The Morgan fingerprint density at radius 2 is 1.92 bits per heavy atom. The molecule has 1 aromatic heterocycles. The molecule has 0 aliphatic heterocycles. The largest absolute Gasteiger partial charge is 0.391 e. The van der Waals surface area contributed by atoms with E-state index in [0.717, 1.165) is 5.69 Å². The Morgan fingerprint density at radius 1 is 1.33 bits per heavy atom. The first-order valence-corrected chi connectivity index (χ1v) is 3.97. The molecule has 1 nitrogen and oxygen atoms in total. The maximum Gasteiger partial charge on any atom is 0 e. The number of aryl methyl sites for hydroxylation is 2. The third-order valence-electron chi connectivity index (χ3n) is 1.82. The fraction of sp³-hybridized carbons (Fsp3) is 0.500. The van der Waals surface area contributed by atoms with Gasteiger partial charge in [-0.15, -0.1) is 17.2 Å². The molecule has 0 fully saturated rings. The summed E-state index contributed by atoms with van der Waals surface area (Å²) in [6.45, 7) is 8.44. The molecule has 0 saturated carbocycles. The van der Waals surface area contributed by atoms with Gasteiger partial charge in [0.1, 0.15) is 0 Å². The van der Waals surface area contributed by atoms with Gasteiger partial charge in [0.15, 0.2) is 0 Å². The third-order valence-corrected chi connectivity index (χ3v) is 1.82. The van der Waals surface area contributed by atoms with Crippen LogP contribution in [-0.4, -0.2) is 4.98 Å². The van der Waals surface area contributed by atoms with Gasteiger partial charge in [0.2, 0.25) is 0 Å². The maximum absolute atomic E-state index is 4.10. The van der Waals surface area contributed by atoms with Crippen LogP contribution >= 0.6 is 0 Å². The van der Waals surface area contributed by atoms with Gasteiger partial charge < -0.3 is 4.98 Å². The van der Waals surface area contributed by atoms with Gasteiger partial charge >= 0.3 is 0 Å². The molecule has 1 heterocycles. The molecule has 12 heavy (non-hydrogen) atoms. The van der Waals surface area contributed by atoms with E-state index in [0.29, 0.717) is 5.92 Å². The molecule has 0 aromatic carbocycles. The molecular formula is C10H14CfN-. The minimum atomic E-state index is 0. The summed E-state index contributed by atoms with van der Waals surface area (Å²) in [5, 5.41) is 0. The molecular weight excluding hydrogens is 385 g/mol. The molecule has 0 radical (unpaired) electrons. The number of pyridine rings is 1. The van der Waals surface area contributed by atoms with Crippen molar-refractivity contribution >= 4 is 0 Å². The average Bonchev–Trinajstić information content (AvgIpc) is 1.94. The van der Waals surface area contributed by atoms with E-state index in [-0.39, 0.29) is 0 Å². The van der Waals surface area contributed by atoms with Crippen molar-refractivity contribution in [1.29, 1.82) is 0 Å². The van der Waals surface area contributed by atoms with Gasteiger partial charge in [0.25, 0.3) is 0 Å². The van der Waals surface area contributed by atoms with Gasteiger partial charge in [-0.3, -0.25) is 0 Å². The molecule has 1 aromatic rings. The molecule has 0 N–H and O–H groups in total. The minimum Gasteiger partial charge on any atom is -0.391 e. The van der Waals surface area contributed by atoms with E-state index in [2.05, 4.69) is 38.0 Å². The predicted octanol–water partition coefficient (Wildman–Crippen LogP) is 2.62. The van der Waals surface area contributed by atoms with Crippen molar-refractivity contribution in [1.82, 2.24) is 4.98 Å². The van der Waals surface area contributed by atoms with Gasteiger partial charge in [-0.25, -0.2) is 0 Å². The van der Waals surface area contributed by atoms with Crippen LogP contribution in [0.25, 0.3) is 0 Å². The Hall–Kier alpha value is -1.85. The number of rotatable bonds is 1. The molecule has 0 saturated heterocycles. The zero-order chi connectivity index (χ0) is 8.43. The molecule has 0 atom stereocenters. The summed E-state index contributed by atoms with van der Waals surface area (Å²) in [5.41, 5.74) is 3.59. The normalized spacial score (nSPS) is 9.75. The van der Waals surface area contributed by atoms with Gasteiger partial charge in [0, 0.05) is 0 Å². The van der Waals surface area contributed by atoms with E-state index in [9.17, 15) is 0 Å². The summed E-state index contributed by atoms with van der Waals surface area (Å²) in [6, 6.07) is 2.14. The Morgan fingerprint density at radius 3 is 2.33 bits per heavy atom. The van der Waals surface area contributed by atoms with Crippen molar-refractivity contribution in [2.45, 2.75) is 33.6 Å². The van der Waals surface area contributed by atoms with Crippen LogP contribution < -0.4 is 0 Å². The number of aromatic nitrogens is 1. The second kappa shape index (κ2) is 3.51.